The molecule has 1 aromatic rings. The number of nitrogens with one attached hydrogen (secondary N) is 1. The van der Waals surface area contributed by atoms with E-state index in [-0.39, 0.29) is 12.1 Å². The first-order valence-electron chi connectivity index (χ1n) is 5.50. The molecule has 1 rings (SSSR count). The number of halogens is 8. The first-order valence-corrected chi connectivity index (χ1v) is 5.50. The van der Waals surface area contributed by atoms with E-state index in [0.29, 0.717) is 0 Å². The minimum Gasteiger partial charge on any atom is -0.391 e. The molecule has 0 bridgehead atoms. The van der Waals surface area contributed by atoms with Crippen molar-refractivity contribution in [1.29, 1.82) is 0 Å². The summed E-state index contributed by atoms with van der Waals surface area (Å²) in [5.74, 6) is -9.00. The maximum atomic E-state index is 12.8. The van der Waals surface area contributed by atoms with Crippen molar-refractivity contribution in [2.24, 2.45) is 0 Å². The highest BCUT2D eigenvalue weighted by Gasteiger charge is 2.63. The number of alkyl halides is 8. The summed E-state index contributed by atoms with van der Waals surface area (Å²) < 4.78 is 99.5. The van der Waals surface area contributed by atoms with Gasteiger partial charge < -0.3 is 11.1 Å². The maximum Gasteiger partial charge on any atom is 0.463 e. The Morgan fingerprint density at radius 1 is 1.08 bits per heavy atom. The average Bonchev–Trinajstić information content (AvgIpc) is 2.37. The Hall–Kier alpha value is -2.67. The molecule has 14 heteroatoms. The Balaban J connectivity index is 3.42. The lowest BCUT2D eigenvalue weighted by Crippen LogP contribution is -2.47. The van der Waals surface area contributed by atoms with Crippen molar-refractivity contribution in [2.45, 2.75) is 18.3 Å². The van der Waals surface area contributed by atoms with Gasteiger partial charge in [-0.05, 0) is 6.07 Å². The second kappa shape index (κ2) is 5.76. The monoisotopic (exact) mass is 367 g/mol. The first kappa shape index (κ1) is 19.4. The molecule has 6 nitrogen and oxygen atoms in total. The quantitative estimate of drug-likeness (QED) is 0.371. The standard InChI is InChI=1S/C10H5F8N3O3/c11-8(12,10(16,17)18)7(22)20-4-1-3(9(13,14)15)2-5(6(4)19)21(23)24/h1-2H,19H2,(H,20,22). The highest BCUT2D eigenvalue weighted by Crippen LogP contribution is 2.40. The third-order valence-corrected chi connectivity index (χ3v) is 2.57. The number of nitrogen functional groups attached to an aromatic ring is 1. The highest BCUT2D eigenvalue weighted by molar-refractivity contribution is 6.00. The van der Waals surface area contributed by atoms with Gasteiger partial charge in [-0.25, -0.2) is 0 Å². The molecule has 0 aliphatic heterocycles. The van der Waals surface area contributed by atoms with Crippen molar-refractivity contribution in [3.63, 3.8) is 0 Å². The highest BCUT2D eigenvalue weighted by atomic mass is 19.4. The Bertz CT molecular complexity index is 683. The van der Waals surface area contributed by atoms with Gasteiger partial charge >= 0.3 is 24.2 Å². The Morgan fingerprint density at radius 3 is 1.96 bits per heavy atom. The van der Waals surface area contributed by atoms with Crippen LogP contribution in [-0.2, 0) is 11.0 Å². The van der Waals surface area contributed by atoms with Crippen molar-refractivity contribution in [2.75, 3.05) is 11.1 Å². The summed E-state index contributed by atoms with van der Waals surface area (Å²) >= 11 is 0. The molecule has 0 aliphatic rings. The minimum atomic E-state index is -6.33. The molecule has 0 saturated carbocycles. The van der Waals surface area contributed by atoms with Crippen LogP contribution in [0, 0.1) is 10.1 Å². The lowest BCUT2D eigenvalue weighted by Gasteiger charge is -2.19. The van der Waals surface area contributed by atoms with Crippen molar-refractivity contribution < 1.29 is 44.8 Å². The number of carbonyl (C=O) groups is 1. The summed E-state index contributed by atoms with van der Waals surface area (Å²) in [7, 11) is 0. The van der Waals surface area contributed by atoms with Gasteiger partial charge in [0, 0.05) is 6.07 Å². The van der Waals surface area contributed by atoms with E-state index in [2.05, 4.69) is 0 Å². The number of hydrogen-bond acceptors (Lipinski definition) is 4. The summed E-state index contributed by atoms with van der Waals surface area (Å²) in [6, 6.07) is -0.167. The summed E-state index contributed by atoms with van der Waals surface area (Å²) in [6.07, 6.45) is -11.6. The molecule has 0 spiro atoms. The van der Waals surface area contributed by atoms with Crippen molar-refractivity contribution in [3.05, 3.63) is 27.8 Å². The number of benzene rings is 1. The number of amides is 1. The van der Waals surface area contributed by atoms with Crippen LogP contribution >= 0.6 is 0 Å². The fraction of sp³-hybridized carbons (Fsp3) is 0.300. The van der Waals surface area contributed by atoms with E-state index in [0.717, 1.165) is 5.32 Å². The van der Waals surface area contributed by atoms with E-state index in [9.17, 15) is 50.0 Å². The van der Waals surface area contributed by atoms with Crippen LogP contribution in [0.25, 0.3) is 0 Å². The zero-order valence-corrected chi connectivity index (χ0v) is 10.9. The van der Waals surface area contributed by atoms with Gasteiger partial charge in [0.1, 0.15) is 5.69 Å². The fourth-order valence-electron chi connectivity index (χ4n) is 1.39. The van der Waals surface area contributed by atoms with Gasteiger partial charge in [0.15, 0.2) is 0 Å². The topological polar surface area (TPSA) is 98.3 Å². The molecule has 134 valence electrons. The lowest BCUT2D eigenvalue weighted by molar-refractivity contribution is -0.384. The SMILES string of the molecule is Nc1c(NC(=O)C(F)(F)C(F)(F)F)cc(C(F)(F)F)cc1[N+](=O)[O-]. The zero-order chi connectivity index (χ0) is 19.1. The Labute approximate surface area is 126 Å². The van der Waals surface area contributed by atoms with Gasteiger partial charge in [-0.2, -0.15) is 35.1 Å². The molecule has 0 atom stereocenters. The van der Waals surface area contributed by atoms with Crippen LogP contribution in [-0.4, -0.2) is 22.9 Å². The summed E-state index contributed by atoms with van der Waals surface area (Å²) in [5.41, 5.74) is -0.805. The van der Waals surface area contributed by atoms with Gasteiger partial charge in [0.05, 0.1) is 16.2 Å². The number of nitrogens with zero attached hydrogens (tertiary/aromatic N) is 1. The number of anilines is 2. The smallest absolute Gasteiger partial charge is 0.391 e. The third kappa shape index (κ3) is 3.62. The van der Waals surface area contributed by atoms with Gasteiger partial charge in [0.25, 0.3) is 5.69 Å². The number of carbonyl (C=O) groups excluding carboxylic acids is 1. The van der Waals surface area contributed by atoms with Crippen LogP contribution in [0.4, 0.5) is 52.2 Å². The van der Waals surface area contributed by atoms with E-state index < -0.39 is 51.7 Å². The predicted octanol–water partition coefficient (Wildman–Crippen LogP) is 3.33. The fourth-order valence-corrected chi connectivity index (χ4v) is 1.39. The predicted molar refractivity (Wildman–Crippen MR) is 62.1 cm³/mol. The summed E-state index contributed by atoms with van der Waals surface area (Å²) in [6.45, 7) is 0. The number of nitro benzene ring substituents is 1. The van der Waals surface area contributed by atoms with E-state index in [1.165, 1.54) is 0 Å². The van der Waals surface area contributed by atoms with Gasteiger partial charge in [-0.1, -0.05) is 0 Å². The van der Waals surface area contributed by atoms with Crippen LogP contribution in [0.15, 0.2) is 12.1 Å². The molecule has 0 radical (unpaired) electrons. The van der Waals surface area contributed by atoms with Crippen LogP contribution in [0.5, 0.6) is 0 Å². The van der Waals surface area contributed by atoms with E-state index in [4.69, 9.17) is 5.73 Å². The average molecular weight is 367 g/mol. The molecular formula is C10H5F8N3O3. The van der Waals surface area contributed by atoms with Gasteiger partial charge in [-0.15, -0.1) is 0 Å². The molecule has 1 aromatic carbocycles. The second-order valence-electron chi connectivity index (χ2n) is 4.24. The van der Waals surface area contributed by atoms with Crippen LogP contribution in [0.2, 0.25) is 0 Å². The molecular weight excluding hydrogens is 362 g/mol. The molecule has 1 amide bonds. The number of nitrogens with two attached hydrogens (primary N) is 1. The molecule has 3 N–H and O–H groups in total. The number of rotatable bonds is 3. The van der Waals surface area contributed by atoms with E-state index in [1.54, 1.807) is 0 Å². The van der Waals surface area contributed by atoms with Crippen LogP contribution in [0.1, 0.15) is 5.56 Å². The van der Waals surface area contributed by atoms with E-state index >= 15 is 0 Å². The zero-order valence-electron chi connectivity index (χ0n) is 10.9. The largest absolute Gasteiger partial charge is 0.463 e. The van der Waals surface area contributed by atoms with Gasteiger partial charge in [0.2, 0.25) is 0 Å². The molecule has 24 heavy (non-hydrogen) atoms. The normalized spacial score (nSPS) is 12.8. The van der Waals surface area contributed by atoms with Gasteiger partial charge in [-0.3, -0.25) is 14.9 Å². The minimum absolute atomic E-state index is 0.0626. The van der Waals surface area contributed by atoms with Crippen molar-refractivity contribution in [1.82, 2.24) is 0 Å². The van der Waals surface area contributed by atoms with Crippen molar-refractivity contribution in [3.8, 4) is 0 Å². The molecule has 0 fully saturated rings. The van der Waals surface area contributed by atoms with E-state index in [1.807, 2.05) is 0 Å². The molecule has 0 unspecified atom stereocenters. The first-order chi connectivity index (χ1) is 10.6. The summed E-state index contributed by atoms with van der Waals surface area (Å²) in [4.78, 5) is 20.2. The summed E-state index contributed by atoms with van der Waals surface area (Å²) in [5, 5.41) is 11.4. The van der Waals surface area contributed by atoms with Crippen LogP contribution < -0.4 is 11.1 Å². The number of nitro groups is 1. The van der Waals surface area contributed by atoms with Crippen LogP contribution in [0.3, 0.4) is 0 Å². The molecule has 0 aliphatic carbocycles. The Morgan fingerprint density at radius 2 is 1.58 bits per heavy atom. The third-order valence-electron chi connectivity index (χ3n) is 2.57. The lowest BCUT2D eigenvalue weighted by atomic mass is 10.1. The maximum absolute atomic E-state index is 12.8. The van der Waals surface area contributed by atoms with Crippen molar-refractivity contribution >= 4 is 23.0 Å². The molecule has 0 saturated heterocycles. The Kier molecular flexibility index (Phi) is 4.65. The number of hydrogen-bond donors (Lipinski definition) is 2. The second-order valence-corrected chi connectivity index (χ2v) is 4.24. The molecule has 0 heterocycles. The molecule has 0 aromatic heterocycles.